The van der Waals surface area contributed by atoms with Gasteiger partial charge in [-0.3, -0.25) is 0 Å². The van der Waals surface area contributed by atoms with Gasteiger partial charge in [0.2, 0.25) is 0 Å². The van der Waals surface area contributed by atoms with Crippen LogP contribution in [0, 0.1) is 13.8 Å². The van der Waals surface area contributed by atoms with E-state index in [0.29, 0.717) is 0 Å². The van der Waals surface area contributed by atoms with Gasteiger partial charge in [-0.25, -0.2) is 0 Å². The van der Waals surface area contributed by atoms with E-state index in [9.17, 15) is 0 Å². The zero-order chi connectivity index (χ0) is 6.85. The molecule has 1 atom stereocenters. The molecule has 0 N–H and O–H groups in total. The summed E-state index contributed by atoms with van der Waals surface area (Å²) in [6, 6.07) is 6.32. The monoisotopic (exact) mass is 174 g/mol. The molecule has 0 aliphatic heterocycles. The molecule has 0 radical (unpaired) electrons. The zero-order valence-corrected chi connectivity index (χ0v) is 8.19. The highest BCUT2D eigenvalue weighted by molar-refractivity contribution is 7.27. The number of aryl methyl sites for hydroxylation is 2. The quantitative estimate of drug-likeness (QED) is 0.529. The predicted octanol–water partition coefficient (Wildman–Crippen LogP) is 2.23. The van der Waals surface area contributed by atoms with Crippen LogP contribution in [-0.4, -0.2) is 0 Å². The normalized spacial score (nSPS) is 8.70. The molecule has 1 aromatic rings. The van der Waals surface area contributed by atoms with Gasteiger partial charge in [0, 0.05) is 0 Å². The van der Waals surface area contributed by atoms with Gasteiger partial charge in [-0.2, -0.15) is 0 Å². The fourth-order valence-corrected chi connectivity index (χ4v) is 1.02. The van der Waals surface area contributed by atoms with E-state index in [2.05, 4.69) is 41.3 Å². The molecule has 2 heteroatoms. The molecule has 0 spiro atoms. The van der Waals surface area contributed by atoms with E-state index in [4.69, 9.17) is 0 Å². The second kappa shape index (κ2) is 3.95. The van der Waals surface area contributed by atoms with Gasteiger partial charge < -0.3 is 0 Å². The minimum Gasteiger partial charge on any atom is -0.147 e. The van der Waals surface area contributed by atoms with Crippen LogP contribution in [0.25, 0.3) is 0 Å². The van der Waals surface area contributed by atoms with Crippen LogP contribution in [0.3, 0.4) is 0 Å². The van der Waals surface area contributed by atoms with Gasteiger partial charge in [-0.1, -0.05) is 18.2 Å². The van der Waals surface area contributed by atoms with Crippen LogP contribution < -0.4 is 5.30 Å². The number of hydrogen-bond acceptors (Lipinski definition) is 0. The molecule has 1 unspecified atom stereocenters. The number of halogens is 1. The van der Waals surface area contributed by atoms with Crippen molar-refractivity contribution in [3.8, 4) is 0 Å². The average Bonchev–Trinajstić information content (AvgIpc) is 1.83. The van der Waals surface area contributed by atoms with Gasteiger partial charge in [0.1, 0.15) is 0 Å². The van der Waals surface area contributed by atoms with Crippen molar-refractivity contribution in [2.24, 2.45) is 0 Å². The lowest BCUT2D eigenvalue weighted by molar-refractivity contribution is 1.44. The summed E-state index contributed by atoms with van der Waals surface area (Å²) in [7, 11) is 2.74. The molecular weight excluding hydrogens is 163 g/mol. The summed E-state index contributed by atoms with van der Waals surface area (Å²) in [6.07, 6.45) is 0. The van der Waals surface area contributed by atoms with Crippen molar-refractivity contribution in [2.45, 2.75) is 13.8 Å². The maximum atomic E-state index is 2.74. The summed E-state index contributed by atoms with van der Waals surface area (Å²) in [5, 5.41) is 1.33. The number of benzene rings is 1. The third kappa shape index (κ3) is 1.97. The summed E-state index contributed by atoms with van der Waals surface area (Å²) in [5.74, 6) is 0. The van der Waals surface area contributed by atoms with E-state index in [-0.39, 0.29) is 12.4 Å². The van der Waals surface area contributed by atoms with Gasteiger partial charge in [0.15, 0.2) is 0 Å². The van der Waals surface area contributed by atoms with Crippen LogP contribution in [0.1, 0.15) is 11.1 Å². The fraction of sp³-hybridized carbons (Fsp3) is 0.250. The van der Waals surface area contributed by atoms with Crippen molar-refractivity contribution in [1.29, 1.82) is 0 Å². The highest BCUT2D eigenvalue weighted by Gasteiger charge is 1.92. The van der Waals surface area contributed by atoms with Gasteiger partial charge in [0.25, 0.3) is 0 Å². The van der Waals surface area contributed by atoms with Crippen LogP contribution in [0.15, 0.2) is 18.2 Å². The Hall–Kier alpha value is -0.0600. The molecule has 1 rings (SSSR count). The minimum atomic E-state index is 0. The minimum absolute atomic E-state index is 0. The Morgan fingerprint density at radius 3 is 1.80 bits per heavy atom. The van der Waals surface area contributed by atoms with Crippen molar-refractivity contribution in [1.82, 2.24) is 0 Å². The molecule has 0 aliphatic rings. The molecule has 0 saturated carbocycles. The first-order valence-electron chi connectivity index (χ1n) is 3.03. The maximum absolute atomic E-state index is 2.74. The lowest BCUT2D eigenvalue weighted by atomic mass is 10.2. The fourth-order valence-electron chi connectivity index (χ4n) is 0.827. The SMILES string of the molecule is Cc1cccc(C)c1P.Cl. The third-order valence-electron chi connectivity index (χ3n) is 1.54. The Morgan fingerprint density at radius 1 is 1.10 bits per heavy atom. The third-order valence-corrected chi connectivity index (χ3v) is 2.45. The van der Waals surface area contributed by atoms with E-state index >= 15 is 0 Å². The molecule has 0 nitrogen and oxygen atoms in total. The number of rotatable bonds is 0. The first-order chi connectivity index (χ1) is 4.22. The molecule has 10 heavy (non-hydrogen) atoms. The van der Waals surface area contributed by atoms with E-state index < -0.39 is 0 Å². The van der Waals surface area contributed by atoms with Crippen molar-refractivity contribution in [2.75, 3.05) is 0 Å². The molecule has 1 aromatic carbocycles. The summed E-state index contributed by atoms with van der Waals surface area (Å²) < 4.78 is 0. The first kappa shape index (κ1) is 9.94. The van der Waals surface area contributed by atoms with Crippen LogP contribution >= 0.6 is 21.6 Å². The summed E-state index contributed by atoms with van der Waals surface area (Å²) in [6.45, 7) is 4.24. The van der Waals surface area contributed by atoms with E-state index in [0.717, 1.165) is 0 Å². The highest BCUT2D eigenvalue weighted by Crippen LogP contribution is 2.02. The molecule has 0 amide bonds. The molecule has 0 saturated heterocycles. The van der Waals surface area contributed by atoms with Crippen LogP contribution in [0.2, 0.25) is 0 Å². The largest absolute Gasteiger partial charge is 0.147 e. The van der Waals surface area contributed by atoms with Gasteiger partial charge in [0.05, 0.1) is 0 Å². The Kier molecular flexibility index (Phi) is 3.93. The maximum Gasteiger partial charge on any atom is -0.0244 e. The second-order valence-corrected chi connectivity index (χ2v) is 2.88. The second-order valence-electron chi connectivity index (χ2n) is 2.31. The number of hydrogen-bond donors (Lipinski definition) is 0. The van der Waals surface area contributed by atoms with Crippen LogP contribution in [0.4, 0.5) is 0 Å². The molecule has 56 valence electrons. The van der Waals surface area contributed by atoms with E-state index in [1.165, 1.54) is 16.4 Å². The first-order valence-corrected chi connectivity index (χ1v) is 3.61. The molecule has 0 bridgehead atoms. The van der Waals surface area contributed by atoms with E-state index in [1.54, 1.807) is 0 Å². The Bertz CT molecular complexity index is 200. The Morgan fingerprint density at radius 2 is 1.50 bits per heavy atom. The standard InChI is InChI=1S/C8H11P.ClH/c1-6-4-3-5-7(2)8(6)9;/h3-5H,9H2,1-2H3;1H. The smallest absolute Gasteiger partial charge is 0.0244 e. The van der Waals surface area contributed by atoms with Crippen LogP contribution in [0.5, 0.6) is 0 Å². The predicted molar refractivity (Wildman–Crippen MR) is 52.5 cm³/mol. The van der Waals surface area contributed by atoms with Crippen LogP contribution in [-0.2, 0) is 0 Å². The summed E-state index contributed by atoms with van der Waals surface area (Å²) >= 11 is 0. The lowest BCUT2D eigenvalue weighted by Gasteiger charge is -2.00. The van der Waals surface area contributed by atoms with Gasteiger partial charge >= 0.3 is 0 Å². The van der Waals surface area contributed by atoms with E-state index in [1.807, 2.05) is 0 Å². The Balaban J connectivity index is 0.000000810. The van der Waals surface area contributed by atoms with Gasteiger partial charge in [-0.05, 0) is 30.3 Å². The van der Waals surface area contributed by atoms with Crippen molar-refractivity contribution in [3.63, 3.8) is 0 Å². The average molecular weight is 175 g/mol. The van der Waals surface area contributed by atoms with Crippen molar-refractivity contribution in [3.05, 3.63) is 29.3 Å². The highest BCUT2D eigenvalue weighted by atomic mass is 35.5. The Labute approximate surface area is 70.6 Å². The summed E-state index contributed by atoms with van der Waals surface area (Å²) in [5.41, 5.74) is 2.69. The lowest BCUT2D eigenvalue weighted by Crippen LogP contribution is -1.99. The summed E-state index contributed by atoms with van der Waals surface area (Å²) in [4.78, 5) is 0. The topological polar surface area (TPSA) is 0 Å². The zero-order valence-electron chi connectivity index (χ0n) is 6.22. The molecular formula is C8H12ClP. The molecule has 0 aromatic heterocycles. The molecule has 0 aliphatic carbocycles. The van der Waals surface area contributed by atoms with Crippen molar-refractivity contribution >= 4 is 27.0 Å². The van der Waals surface area contributed by atoms with Gasteiger partial charge in [-0.15, -0.1) is 21.6 Å². The van der Waals surface area contributed by atoms with Crippen molar-refractivity contribution < 1.29 is 0 Å². The molecule has 0 fully saturated rings. The molecule has 0 heterocycles.